The Morgan fingerprint density at radius 3 is 3.17 bits per heavy atom. The van der Waals surface area contributed by atoms with Crippen LogP contribution in [0.5, 0.6) is 0 Å². The number of nitrogens with zero attached hydrogens (tertiary/aromatic N) is 4. The number of rotatable bonds is 2. The predicted octanol–water partition coefficient (Wildman–Crippen LogP) is 0.665. The zero-order valence-corrected chi connectivity index (χ0v) is 10.3. The van der Waals surface area contributed by atoms with Gasteiger partial charge in [-0.3, -0.25) is 10.1 Å². The van der Waals surface area contributed by atoms with Gasteiger partial charge >= 0.3 is 0 Å². The van der Waals surface area contributed by atoms with E-state index < -0.39 is 0 Å². The first-order valence-electron chi connectivity index (χ1n) is 6.14. The molecule has 2 aromatic heterocycles. The molecule has 3 heterocycles. The Kier molecular flexibility index (Phi) is 2.93. The van der Waals surface area contributed by atoms with Crippen LogP contribution in [0.1, 0.15) is 6.92 Å². The van der Waals surface area contributed by atoms with Crippen molar-refractivity contribution in [1.29, 1.82) is 0 Å². The van der Waals surface area contributed by atoms with E-state index in [1.165, 1.54) is 0 Å². The number of hydrogen-bond donors (Lipinski definition) is 2. The third-order valence-electron chi connectivity index (χ3n) is 3.06. The van der Waals surface area contributed by atoms with Crippen LogP contribution in [0.2, 0.25) is 0 Å². The molecule has 0 bridgehead atoms. The number of pyridine rings is 1. The molecule has 0 aromatic carbocycles. The third-order valence-corrected chi connectivity index (χ3v) is 3.06. The van der Waals surface area contributed by atoms with Gasteiger partial charge in [-0.1, -0.05) is 0 Å². The molecule has 6 nitrogen and oxygen atoms in total. The SMILES string of the molecule is C[C@@H]1CN(c2n[nH]c(-c3cccnc3)n2)CCN1. The van der Waals surface area contributed by atoms with E-state index in [4.69, 9.17) is 0 Å². The number of H-pyrrole nitrogens is 1. The monoisotopic (exact) mass is 244 g/mol. The molecule has 3 rings (SSSR count). The largest absolute Gasteiger partial charge is 0.337 e. The standard InChI is InChI=1S/C12H16N6/c1-9-8-18(6-5-14-9)12-15-11(16-17-12)10-3-2-4-13-7-10/h2-4,7,9,14H,5-6,8H2,1H3,(H,15,16,17)/t9-/m1/s1. The lowest BCUT2D eigenvalue weighted by atomic mass is 10.2. The van der Waals surface area contributed by atoms with Crippen molar-refractivity contribution in [2.24, 2.45) is 0 Å². The van der Waals surface area contributed by atoms with Crippen LogP contribution in [0, 0.1) is 0 Å². The van der Waals surface area contributed by atoms with E-state index in [9.17, 15) is 0 Å². The maximum atomic E-state index is 4.53. The zero-order valence-electron chi connectivity index (χ0n) is 10.3. The minimum absolute atomic E-state index is 0.471. The molecule has 0 spiro atoms. The minimum Gasteiger partial charge on any atom is -0.337 e. The molecule has 1 atom stereocenters. The predicted molar refractivity (Wildman–Crippen MR) is 69.3 cm³/mol. The van der Waals surface area contributed by atoms with Gasteiger partial charge in [-0.2, -0.15) is 4.98 Å². The second-order valence-corrected chi connectivity index (χ2v) is 4.53. The van der Waals surface area contributed by atoms with Crippen LogP contribution in [0.25, 0.3) is 11.4 Å². The van der Waals surface area contributed by atoms with E-state index in [2.05, 4.69) is 37.3 Å². The molecule has 1 saturated heterocycles. The van der Waals surface area contributed by atoms with Crippen molar-refractivity contribution in [3.05, 3.63) is 24.5 Å². The molecule has 1 aliphatic heterocycles. The summed E-state index contributed by atoms with van der Waals surface area (Å²) in [5, 5.41) is 10.7. The van der Waals surface area contributed by atoms with Crippen molar-refractivity contribution in [1.82, 2.24) is 25.5 Å². The van der Waals surface area contributed by atoms with Crippen LogP contribution in [-0.2, 0) is 0 Å². The average Bonchev–Trinajstić information content (AvgIpc) is 2.89. The summed E-state index contributed by atoms with van der Waals surface area (Å²) < 4.78 is 0. The fraction of sp³-hybridized carbons (Fsp3) is 0.417. The van der Waals surface area contributed by atoms with Gasteiger partial charge in [0.15, 0.2) is 5.82 Å². The fourth-order valence-electron chi connectivity index (χ4n) is 2.14. The summed E-state index contributed by atoms with van der Waals surface area (Å²) in [4.78, 5) is 10.8. The van der Waals surface area contributed by atoms with Gasteiger partial charge < -0.3 is 10.2 Å². The molecule has 18 heavy (non-hydrogen) atoms. The summed E-state index contributed by atoms with van der Waals surface area (Å²) in [7, 11) is 0. The summed E-state index contributed by atoms with van der Waals surface area (Å²) in [6.07, 6.45) is 3.53. The van der Waals surface area contributed by atoms with Crippen LogP contribution >= 0.6 is 0 Å². The first kappa shape index (κ1) is 11.2. The Morgan fingerprint density at radius 1 is 1.44 bits per heavy atom. The summed E-state index contributed by atoms with van der Waals surface area (Å²) in [5.74, 6) is 1.53. The molecule has 0 aliphatic carbocycles. The van der Waals surface area contributed by atoms with Crippen LogP contribution in [0.4, 0.5) is 5.95 Å². The van der Waals surface area contributed by atoms with E-state index in [0.717, 1.165) is 37.0 Å². The Balaban J connectivity index is 1.81. The van der Waals surface area contributed by atoms with Gasteiger partial charge in [-0.25, -0.2) is 0 Å². The van der Waals surface area contributed by atoms with Crippen molar-refractivity contribution >= 4 is 5.95 Å². The molecule has 0 radical (unpaired) electrons. The lowest BCUT2D eigenvalue weighted by Crippen LogP contribution is -2.49. The van der Waals surface area contributed by atoms with Crippen molar-refractivity contribution in [3.8, 4) is 11.4 Å². The van der Waals surface area contributed by atoms with E-state index in [1.54, 1.807) is 12.4 Å². The maximum absolute atomic E-state index is 4.53. The molecule has 94 valence electrons. The average molecular weight is 244 g/mol. The molecule has 2 aromatic rings. The summed E-state index contributed by atoms with van der Waals surface area (Å²) >= 11 is 0. The van der Waals surface area contributed by atoms with Crippen molar-refractivity contribution < 1.29 is 0 Å². The van der Waals surface area contributed by atoms with Crippen molar-refractivity contribution in [2.75, 3.05) is 24.5 Å². The third kappa shape index (κ3) is 2.19. The van der Waals surface area contributed by atoms with Crippen LogP contribution in [0.3, 0.4) is 0 Å². The summed E-state index contributed by atoms with van der Waals surface area (Å²) in [6.45, 7) is 5.01. The number of nitrogens with one attached hydrogen (secondary N) is 2. The van der Waals surface area contributed by atoms with Gasteiger partial charge in [0.2, 0.25) is 5.95 Å². The fourth-order valence-corrected chi connectivity index (χ4v) is 2.14. The normalized spacial score (nSPS) is 20.1. The molecule has 0 unspecified atom stereocenters. The lowest BCUT2D eigenvalue weighted by molar-refractivity contribution is 0.480. The number of aromatic amines is 1. The van der Waals surface area contributed by atoms with E-state index >= 15 is 0 Å². The molecule has 1 fully saturated rings. The zero-order chi connectivity index (χ0) is 12.4. The molecule has 1 aliphatic rings. The highest BCUT2D eigenvalue weighted by molar-refractivity contribution is 5.54. The second kappa shape index (κ2) is 4.73. The molecular formula is C12H16N6. The number of piperazine rings is 1. The van der Waals surface area contributed by atoms with Gasteiger partial charge in [0, 0.05) is 43.6 Å². The number of aromatic nitrogens is 4. The van der Waals surface area contributed by atoms with Crippen molar-refractivity contribution in [2.45, 2.75) is 13.0 Å². The van der Waals surface area contributed by atoms with Crippen molar-refractivity contribution in [3.63, 3.8) is 0 Å². The highest BCUT2D eigenvalue weighted by Gasteiger charge is 2.19. The van der Waals surface area contributed by atoms with Gasteiger partial charge in [-0.05, 0) is 19.1 Å². The summed E-state index contributed by atoms with van der Waals surface area (Å²) in [6, 6.07) is 4.33. The smallest absolute Gasteiger partial charge is 0.245 e. The van der Waals surface area contributed by atoms with Crippen LogP contribution in [-0.4, -0.2) is 45.8 Å². The second-order valence-electron chi connectivity index (χ2n) is 4.53. The first-order valence-corrected chi connectivity index (χ1v) is 6.14. The maximum Gasteiger partial charge on any atom is 0.245 e. The number of hydrogen-bond acceptors (Lipinski definition) is 5. The molecule has 6 heteroatoms. The minimum atomic E-state index is 0.471. The van der Waals surface area contributed by atoms with Gasteiger partial charge in [0.25, 0.3) is 0 Å². The van der Waals surface area contributed by atoms with E-state index in [0.29, 0.717) is 6.04 Å². The molecule has 0 amide bonds. The molecule has 2 N–H and O–H groups in total. The quantitative estimate of drug-likeness (QED) is 0.812. The number of anilines is 1. The summed E-state index contributed by atoms with van der Waals surface area (Å²) in [5.41, 5.74) is 0.958. The lowest BCUT2D eigenvalue weighted by Gasteiger charge is -2.30. The Labute approximate surface area is 105 Å². The van der Waals surface area contributed by atoms with Gasteiger partial charge in [0.1, 0.15) is 0 Å². The van der Waals surface area contributed by atoms with Crippen LogP contribution in [0.15, 0.2) is 24.5 Å². The first-order chi connectivity index (χ1) is 8.83. The Hall–Kier alpha value is -1.95. The Bertz CT molecular complexity index is 508. The highest BCUT2D eigenvalue weighted by Crippen LogP contribution is 2.17. The molecular weight excluding hydrogens is 228 g/mol. The van der Waals surface area contributed by atoms with Gasteiger partial charge in [-0.15, -0.1) is 5.10 Å². The van der Waals surface area contributed by atoms with Gasteiger partial charge in [0.05, 0.1) is 0 Å². The highest BCUT2D eigenvalue weighted by atomic mass is 15.4. The topological polar surface area (TPSA) is 69.7 Å². The molecule has 0 saturated carbocycles. The van der Waals surface area contributed by atoms with E-state index in [-0.39, 0.29) is 0 Å². The van der Waals surface area contributed by atoms with Crippen LogP contribution < -0.4 is 10.2 Å². The van der Waals surface area contributed by atoms with E-state index in [1.807, 2.05) is 12.1 Å². The Morgan fingerprint density at radius 2 is 2.39 bits per heavy atom.